The highest BCUT2D eigenvalue weighted by Gasteiger charge is 2.28. The standard InChI is InChI=1S/C16H24N2OS/c19-16(14-5-2-1-3-6-14)18-10-8-17(9-11-18)13-15-7-4-12-20-15/h4,7,12,14H,1-3,5-6,8-11,13H2. The van der Waals surface area contributed by atoms with Gasteiger partial charge in [-0.2, -0.15) is 0 Å². The third kappa shape index (κ3) is 3.41. The molecule has 2 heterocycles. The topological polar surface area (TPSA) is 23.6 Å². The SMILES string of the molecule is O=C(C1CCCCC1)N1CCN(Cc2cccs2)CC1. The van der Waals surface area contributed by atoms with E-state index in [1.165, 1.54) is 24.1 Å². The highest BCUT2D eigenvalue weighted by atomic mass is 32.1. The number of thiophene rings is 1. The van der Waals surface area contributed by atoms with Gasteiger partial charge in [0.2, 0.25) is 5.91 Å². The van der Waals surface area contributed by atoms with Crippen molar-refractivity contribution < 1.29 is 4.79 Å². The average molecular weight is 292 g/mol. The highest BCUT2D eigenvalue weighted by Crippen LogP contribution is 2.26. The molecule has 0 bridgehead atoms. The lowest BCUT2D eigenvalue weighted by Crippen LogP contribution is -2.50. The van der Waals surface area contributed by atoms with E-state index < -0.39 is 0 Å². The molecule has 0 radical (unpaired) electrons. The summed E-state index contributed by atoms with van der Waals surface area (Å²) in [4.78, 5) is 18.5. The quantitative estimate of drug-likeness (QED) is 0.855. The van der Waals surface area contributed by atoms with Crippen LogP contribution < -0.4 is 0 Å². The van der Waals surface area contributed by atoms with E-state index >= 15 is 0 Å². The zero-order valence-corrected chi connectivity index (χ0v) is 12.9. The summed E-state index contributed by atoms with van der Waals surface area (Å²) in [5.41, 5.74) is 0. The Balaban J connectivity index is 1.46. The summed E-state index contributed by atoms with van der Waals surface area (Å²) < 4.78 is 0. The van der Waals surface area contributed by atoms with Gasteiger partial charge in [-0.05, 0) is 24.3 Å². The normalized spacial score (nSPS) is 22.1. The van der Waals surface area contributed by atoms with Crippen LogP contribution in [0.4, 0.5) is 0 Å². The minimum atomic E-state index is 0.326. The van der Waals surface area contributed by atoms with Gasteiger partial charge in [-0.25, -0.2) is 0 Å². The predicted molar refractivity (Wildman–Crippen MR) is 82.8 cm³/mol. The van der Waals surface area contributed by atoms with Crippen molar-refractivity contribution in [3.05, 3.63) is 22.4 Å². The summed E-state index contributed by atoms with van der Waals surface area (Å²) in [7, 11) is 0. The van der Waals surface area contributed by atoms with Crippen LogP contribution >= 0.6 is 11.3 Å². The van der Waals surface area contributed by atoms with E-state index in [2.05, 4.69) is 27.3 Å². The van der Waals surface area contributed by atoms with Gasteiger partial charge in [-0.15, -0.1) is 11.3 Å². The molecule has 2 aliphatic rings. The Morgan fingerprint density at radius 2 is 1.90 bits per heavy atom. The molecule has 2 fully saturated rings. The first-order valence-corrected chi connectivity index (χ1v) is 8.74. The number of amides is 1. The highest BCUT2D eigenvalue weighted by molar-refractivity contribution is 7.09. The number of nitrogens with zero attached hydrogens (tertiary/aromatic N) is 2. The van der Waals surface area contributed by atoms with Crippen molar-refractivity contribution in [1.29, 1.82) is 0 Å². The van der Waals surface area contributed by atoms with Gasteiger partial charge in [0.15, 0.2) is 0 Å². The Labute approximate surface area is 125 Å². The summed E-state index contributed by atoms with van der Waals surface area (Å²) in [6, 6.07) is 4.31. The lowest BCUT2D eigenvalue weighted by Gasteiger charge is -2.37. The van der Waals surface area contributed by atoms with Crippen LogP contribution in [0.2, 0.25) is 0 Å². The Kier molecular flexibility index (Phi) is 4.73. The van der Waals surface area contributed by atoms with Crippen molar-refractivity contribution in [3.8, 4) is 0 Å². The van der Waals surface area contributed by atoms with Crippen molar-refractivity contribution in [2.75, 3.05) is 26.2 Å². The molecule has 1 saturated carbocycles. The Hall–Kier alpha value is -0.870. The van der Waals surface area contributed by atoms with Crippen LogP contribution in [0.3, 0.4) is 0 Å². The van der Waals surface area contributed by atoms with Crippen molar-refractivity contribution in [2.24, 2.45) is 5.92 Å². The molecule has 1 aliphatic heterocycles. The van der Waals surface area contributed by atoms with Crippen LogP contribution in [-0.4, -0.2) is 41.9 Å². The lowest BCUT2D eigenvalue weighted by molar-refractivity contribution is -0.138. The van der Waals surface area contributed by atoms with Gasteiger partial charge in [-0.3, -0.25) is 9.69 Å². The second-order valence-corrected chi connectivity index (χ2v) is 7.05. The first-order chi connectivity index (χ1) is 9.83. The average Bonchev–Trinajstić information content (AvgIpc) is 3.01. The minimum Gasteiger partial charge on any atom is -0.340 e. The fraction of sp³-hybridized carbons (Fsp3) is 0.688. The third-order valence-electron chi connectivity index (χ3n) is 4.60. The molecule has 0 aromatic carbocycles. The molecule has 0 spiro atoms. The molecule has 1 aromatic heterocycles. The van der Waals surface area contributed by atoms with Gasteiger partial charge >= 0.3 is 0 Å². The van der Waals surface area contributed by atoms with Crippen LogP contribution in [0.5, 0.6) is 0 Å². The van der Waals surface area contributed by atoms with Gasteiger partial charge in [0.1, 0.15) is 0 Å². The fourth-order valence-electron chi connectivity index (χ4n) is 3.36. The molecule has 0 atom stereocenters. The Morgan fingerprint density at radius 3 is 2.55 bits per heavy atom. The Bertz CT molecular complexity index is 418. The van der Waals surface area contributed by atoms with Gasteiger partial charge in [0.25, 0.3) is 0 Å². The molecule has 3 rings (SSSR count). The second-order valence-electron chi connectivity index (χ2n) is 6.02. The van der Waals surface area contributed by atoms with Gasteiger partial charge in [-0.1, -0.05) is 25.3 Å². The predicted octanol–water partition coefficient (Wildman–Crippen LogP) is 2.97. The third-order valence-corrected chi connectivity index (χ3v) is 5.46. The summed E-state index contributed by atoms with van der Waals surface area (Å²) >= 11 is 1.82. The summed E-state index contributed by atoms with van der Waals surface area (Å²) in [6.45, 7) is 4.93. The number of hydrogen-bond donors (Lipinski definition) is 0. The van der Waals surface area contributed by atoms with E-state index in [1.54, 1.807) is 0 Å². The molecular formula is C16H24N2OS. The van der Waals surface area contributed by atoms with Crippen molar-refractivity contribution in [3.63, 3.8) is 0 Å². The maximum atomic E-state index is 12.5. The molecule has 1 aromatic rings. The molecule has 0 N–H and O–H groups in total. The smallest absolute Gasteiger partial charge is 0.225 e. The van der Waals surface area contributed by atoms with E-state index in [9.17, 15) is 4.79 Å². The van der Waals surface area contributed by atoms with Crippen LogP contribution in [0, 0.1) is 5.92 Å². The number of carbonyl (C=O) groups excluding carboxylic acids is 1. The Morgan fingerprint density at radius 1 is 1.15 bits per heavy atom. The first kappa shape index (κ1) is 14.1. The van der Waals surface area contributed by atoms with Crippen molar-refractivity contribution in [2.45, 2.75) is 38.6 Å². The molecule has 0 unspecified atom stereocenters. The zero-order valence-electron chi connectivity index (χ0n) is 12.1. The number of hydrogen-bond acceptors (Lipinski definition) is 3. The zero-order chi connectivity index (χ0) is 13.8. The fourth-order valence-corrected chi connectivity index (χ4v) is 4.10. The monoisotopic (exact) mass is 292 g/mol. The molecule has 1 aliphatic carbocycles. The molecular weight excluding hydrogens is 268 g/mol. The van der Waals surface area contributed by atoms with Gasteiger partial charge in [0, 0.05) is 43.5 Å². The molecule has 4 heteroatoms. The van der Waals surface area contributed by atoms with Crippen LogP contribution in [-0.2, 0) is 11.3 Å². The number of piperazine rings is 1. The van der Waals surface area contributed by atoms with Crippen LogP contribution in [0.25, 0.3) is 0 Å². The first-order valence-electron chi connectivity index (χ1n) is 7.86. The molecule has 3 nitrogen and oxygen atoms in total. The minimum absolute atomic E-state index is 0.326. The maximum Gasteiger partial charge on any atom is 0.225 e. The largest absolute Gasteiger partial charge is 0.340 e. The summed E-state index contributed by atoms with van der Waals surface area (Å²) in [6.07, 6.45) is 6.05. The lowest BCUT2D eigenvalue weighted by atomic mass is 9.88. The summed E-state index contributed by atoms with van der Waals surface area (Å²) in [5.74, 6) is 0.757. The van der Waals surface area contributed by atoms with Gasteiger partial charge in [0.05, 0.1) is 0 Å². The van der Waals surface area contributed by atoms with Crippen LogP contribution in [0.1, 0.15) is 37.0 Å². The van der Waals surface area contributed by atoms with E-state index in [0.717, 1.165) is 45.6 Å². The van der Waals surface area contributed by atoms with Gasteiger partial charge < -0.3 is 4.90 Å². The molecule has 1 saturated heterocycles. The number of rotatable bonds is 3. The summed E-state index contributed by atoms with van der Waals surface area (Å²) in [5, 5.41) is 2.14. The molecule has 110 valence electrons. The second kappa shape index (κ2) is 6.72. The van der Waals surface area contributed by atoms with E-state index in [-0.39, 0.29) is 0 Å². The molecule has 1 amide bonds. The number of carbonyl (C=O) groups is 1. The van der Waals surface area contributed by atoms with E-state index in [0.29, 0.717) is 11.8 Å². The molecule has 20 heavy (non-hydrogen) atoms. The van der Waals surface area contributed by atoms with Crippen LogP contribution in [0.15, 0.2) is 17.5 Å². The van der Waals surface area contributed by atoms with E-state index in [1.807, 2.05) is 11.3 Å². The maximum absolute atomic E-state index is 12.5. The van der Waals surface area contributed by atoms with Crippen molar-refractivity contribution >= 4 is 17.2 Å². The van der Waals surface area contributed by atoms with E-state index in [4.69, 9.17) is 0 Å². The van der Waals surface area contributed by atoms with Crippen molar-refractivity contribution in [1.82, 2.24) is 9.80 Å².